The van der Waals surface area contributed by atoms with E-state index in [9.17, 15) is 0 Å². The topological polar surface area (TPSA) is 20.2 Å². The van der Waals surface area contributed by atoms with Crippen molar-refractivity contribution in [3.05, 3.63) is 0 Å². The molecule has 0 aliphatic heterocycles. The smallest absolute Gasteiger partial charge is 0.0319 e. The Morgan fingerprint density at radius 2 is 0.833 bits per heavy atom. The van der Waals surface area contributed by atoms with Crippen molar-refractivity contribution >= 4 is 45.6 Å². The van der Waals surface area contributed by atoms with Crippen LogP contribution in [0.25, 0.3) is 0 Å². The van der Waals surface area contributed by atoms with E-state index in [1.54, 1.807) is 0 Å². The van der Waals surface area contributed by atoms with E-state index in [4.69, 9.17) is 5.11 Å². The lowest BCUT2D eigenvalue weighted by atomic mass is 10.8. The van der Waals surface area contributed by atoms with E-state index in [1.165, 1.54) is 0 Å². The van der Waals surface area contributed by atoms with Crippen LogP contribution in [0.15, 0.2) is 0 Å². The number of halogens is 3. The Kier molecular flexibility index (Phi) is 1960. The third kappa shape index (κ3) is 92.7. The van der Waals surface area contributed by atoms with Crippen LogP contribution in [0.1, 0.15) is 0 Å². The zero-order valence-electron chi connectivity index (χ0n) is 3.25. The van der Waals surface area contributed by atoms with Gasteiger partial charge in [0.1, 0.15) is 0 Å². The molecule has 41 valence electrons. The van der Waals surface area contributed by atoms with E-state index in [2.05, 4.69) is 0 Å². The Balaban J connectivity index is -0.000000000833. The molecule has 0 atom stereocenters. The molecule has 0 spiro atoms. The van der Waals surface area contributed by atoms with Crippen LogP contribution in [0, 0.1) is 0 Å². The van der Waals surface area contributed by atoms with E-state index in [1.807, 2.05) is 0 Å². The summed E-state index contributed by atoms with van der Waals surface area (Å²) in [4.78, 5) is 0. The van der Waals surface area contributed by atoms with Crippen molar-refractivity contribution in [2.45, 2.75) is 0 Å². The van der Waals surface area contributed by atoms with Crippen LogP contribution in [0.4, 0.5) is 0 Å². The van der Waals surface area contributed by atoms with Gasteiger partial charge >= 0.3 is 0 Å². The molecule has 1 N–H and O–H groups in total. The van der Waals surface area contributed by atoms with Crippen LogP contribution in [-0.2, 0) is 0 Å². The lowest BCUT2D eigenvalue weighted by Crippen LogP contribution is -1.25. The van der Waals surface area contributed by atoms with Gasteiger partial charge in [-0.3, -0.25) is 0 Å². The molecule has 0 fully saturated rings. The maximum atomic E-state index is 7.00. The van der Waals surface area contributed by atoms with Crippen molar-refractivity contribution in [3.8, 4) is 0 Å². The van der Waals surface area contributed by atoms with Gasteiger partial charge in [0, 0.05) is 15.5 Å². The summed E-state index contributed by atoms with van der Waals surface area (Å²) in [7, 11) is 1.00. The summed E-state index contributed by atoms with van der Waals surface area (Å²) in [6.45, 7) is 0. The van der Waals surface area contributed by atoms with Crippen LogP contribution in [0.2, 0.25) is 0 Å². The standard InChI is InChI=1S/CH4O.B.3ClH/c1-2;;;;/h2H,1H3;;3*1H. The Hall–Kier alpha value is 0.895. The van der Waals surface area contributed by atoms with Gasteiger partial charge in [0.25, 0.3) is 0 Å². The third-order valence-electron chi connectivity index (χ3n) is 0. The zero-order chi connectivity index (χ0) is 2.00. The molecule has 6 heavy (non-hydrogen) atoms. The maximum Gasteiger partial charge on any atom is 0.0319 e. The van der Waals surface area contributed by atoms with Gasteiger partial charge in [0.15, 0.2) is 0 Å². The summed E-state index contributed by atoms with van der Waals surface area (Å²) >= 11 is 0. The van der Waals surface area contributed by atoms with Crippen LogP contribution >= 0.6 is 37.2 Å². The van der Waals surface area contributed by atoms with Crippen LogP contribution < -0.4 is 0 Å². The summed E-state index contributed by atoms with van der Waals surface area (Å²) in [5, 5.41) is 7.00. The van der Waals surface area contributed by atoms with Crippen LogP contribution in [0.3, 0.4) is 0 Å². The quantitative estimate of drug-likeness (QED) is 0.501. The number of aliphatic hydroxyl groups excluding tert-OH is 1. The highest BCUT2D eigenvalue weighted by molar-refractivity contribution is 5.86. The number of hydrogen-bond acceptors (Lipinski definition) is 1. The molecule has 0 amide bonds. The minimum atomic E-state index is 0. The molecule has 0 saturated carbocycles. The van der Waals surface area contributed by atoms with Gasteiger partial charge in [-0.2, -0.15) is 0 Å². The van der Waals surface area contributed by atoms with Gasteiger partial charge in [0.2, 0.25) is 0 Å². The first-order valence-corrected chi connectivity index (χ1v) is 0.447. The molecule has 0 unspecified atom stereocenters. The molecule has 3 radical (unpaired) electrons. The molecular formula is CH7BCl3O. The second-order valence-electron chi connectivity index (χ2n) is 0. The number of aliphatic hydroxyl groups is 1. The number of hydrogen-bond donors (Lipinski definition) is 1. The van der Waals surface area contributed by atoms with Crippen molar-refractivity contribution < 1.29 is 5.11 Å². The average molecular weight is 152 g/mol. The molecule has 1 nitrogen and oxygen atoms in total. The van der Waals surface area contributed by atoms with Crippen LogP contribution in [-0.4, -0.2) is 20.6 Å². The molecule has 0 aromatic rings. The van der Waals surface area contributed by atoms with E-state index < -0.39 is 0 Å². The predicted octanol–water partition coefficient (Wildman–Crippen LogP) is 0.493. The highest BCUT2D eigenvalue weighted by Crippen LogP contribution is 0.755. The lowest BCUT2D eigenvalue weighted by Gasteiger charge is -1.21. The second-order valence-corrected chi connectivity index (χ2v) is 0. The summed E-state index contributed by atoms with van der Waals surface area (Å²) < 4.78 is 0. The second kappa shape index (κ2) is 176. The Morgan fingerprint density at radius 3 is 0.833 bits per heavy atom. The first kappa shape index (κ1) is 66.7. The van der Waals surface area contributed by atoms with Crippen LogP contribution in [0.5, 0.6) is 0 Å². The third-order valence-corrected chi connectivity index (χ3v) is 0. The molecule has 0 aliphatic rings. The maximum absolute atomic E-state index is 7.00. The van der Waals surface area contributed by atoms with Crippen molar-refractivity contribution in [1.82, 2.24) is 0 Å². The Bertz CT molecular complexity index is 10.8. The molecule has 0 aromatic heterocycles. The molecule has 0 aliphatic carbocycles. The predicted molar refractivity (Wildman–Crippen MR) is 35.6 cm³/mol. The fraction of sp³-hybridized carbons (Fsp3) is 1.00. The van der Waals surface area contributed by atoms with E-state index in [0.717, 1.165) is 7.11 Å². The molecule has 0 saturated heterocycles. The molecule has 5 heteroatoms. The highest BCUT2D eigenvalue weighted by Gasteiger charge is 0.839. The fourth-order valence-corrected chi connectivity index (χ4v) is 0. The molecule has 0 rings (SSSR count). The van der Waals surface area contributed by atoms with E-state index >= 15 is 0 Å². The molecule has 0 aromatic carbocycles. The summed E-state index contributed by atoms with van der Waals surface area (Å²) in [6.07, 6.45) is 0. The zero-order valence-corrected chi connectivity index (χ0v) is 5.70. The lowest BCUT2D eigenvalue weighted by molar-refractivity contribution is 0.399. The summed E-state index contributed by atoms with van der Waals surface area (Å²) in [6, 6.07) is 0. The van der Waals surface area contributed by atoms with Gasteiger partial charge in [0.05, 0.1) is 0 Å². The van der Waals surface area contributed by atoms with Crippen molar-refractivity contribution in [3.63, 3.8) is 0 Å². The first-order valence-electron chi connectivity index (χ1n) is 0.447. The first-order chi connectivity index (χ1) is 1.00. The van der Waals surface area contributed by atoms with Crippen molar-refractivity contribution in [1.29, 1.82) is 0 Å². The normalized spacial score (nSPS) is 1.00. The molecular weight excluding hydrogens is 145 g/mol. The van der Waals surface area contributed by atoms with Gasteiger partial charge in [-0.1, -0.05) is 0 Å². The van der Waals surface area contributed by atoms with E-state index in [-0.39, 0.29) is 45.6 Å². The van der Waals surface area contributed by atoms with Gasteiger partial charge < -0.3 is 5.11 Å². The molecule has 0 heterocycles. The monoisotopic (exact) mass is 151 g/mol. The Morgan fingerprint density at radius 1 is 0.833 bits per heavy atom. The highest BCUT2D eigenvalue weighted by atomic mass is 35.5. The summed E-state index contributed by atoms with van der Waals surface area (Å²) in [5.41, 5.74) is 0. The van der Waals surface area contributed by atoms with Gasteiger partial charge in [-0.25, -0.2) is 0 Å². The minimum absolute atomic E-state index is 0. The SMILES string of the molecule is CO.Cl.Cl.Cl.[B]. The van der Waals surface area contributed by atoms with Gasteiger partial charge in [-0.05, 0) is 0 Å². The summed E-state index contributed by atoms with van der Waals surface area (Å²) in [5.74, 6) is 0. The Labute approximate surface area is 58.3 Å². The minimum Gasteiger partial charge on any atom is -0.400 e. The molecule has 0 bridgehead atoms. The van der Waals surface area contributed by atoms with Crippen molar-refractivity contribution in [2.75, 3.05) is 7.11 Å². The van der Waals surface area contributed by atoms with Gasteiger partial charge in [-0.15, -0.1) is 37.2 Å². The van der Waals surface area contributed by atoms with E-state index in [0.29, 0.717) is 0 Å². The fourth-order valence-electron chi connectivity index (χ4n) is 0. The average Bonchev–Trinajstić information content (AvgIpc) is 1.00. The van der Waals surface area contributed by atoms with Crippen molar-refractivity contribution in [2.24, 2.45) is 0 Å². The largest absolute Gasteiger partial charge is 0.400 e. The number of rotatable bonds is 0.